The van der Waals surface area contributed by atoms with Gasteiger partial charge in [0, 0.05) is 11.2 Å². The third-order valence-corrected chi connectivity index (χ3v) is 3.07. The Morgan fingerprint density at radius 3 is 2.67 bits per heavy atom. The molecule has 1 saturated carbocycles. The SMILES string of the molecule is Cc1[nH]nc(N)c1C(=O)NC1(C)CCC1. The lowest BCUT2D eigenvalue weighted by Gasteiger charge is -2.39. The van der Waals surface area contributed by atoms with Crippen molar-refractivity contribution in [2.24, 2.45) is 0 Å². The fourth-order valence-electron chi connectivity index (χ4n) is 1.90. The first-order valence-electron chi connectivity index (χ1n) is 5.15. The molecular weight excluding hydrogens is 192 g/mol. The van der Waals surface area contributed by atoms with Gasteiger partial charge in [-0.05, 0) is 33.1 Å². The summed E-state index contributed by atoms with van der Waals surface area (Å²) in [5, 5.41) is 9.50. The number of anilines is 1. The lowest BCUT2D eigenvalue weighted by molar-refractivity contribution is 0.0851. The van der Waals surface area contributed by atoms with Crippen LogP contribution in [0.25, 0.3) is 0 Å². The van der Waals surface area contributed by atoms with E-state index in [1.165, 1.54) is 6.42 Å². The number of hydrogen-bond acceptors (Lipinski definition) is 3. The molecule has 0 aliphatic heterocycles. The Hall–Kier alpha value is -1.52. The largest absolute Gasteiger partial charge is 0.382 e. The number of nitrogens with one attached hydrogen (secondary N) is 2. The van der Waals surface area contributed by atoms with Crippen LogP contribution in [-0.2, 0) is 0 Å². The highest BCUT2D eigenvalue weighted by Gasteiger charge is 2.34. The van der Waals surface area contributed by atoms with Crippen LogP contribution in [0.4, 0.5) is 5.82 Å². The molecule has 0 atom stereocenters. The van der Waals surface area contributed by atoms with Gasteiger partial charge in [0.15, 0.2) is 5.82 Å². The van der Waals surface area contributed by atoms with Gasteiger partial charge >= 0.3 is 0 Å². The van der Waals surface area contributed by atoms with Crippen molar-refractivity contribution in [2.45, 2.75) is 38.6 Å². The summed E-state index contributed by atoms with van der Waals surface area (Å²) in [5.74, 6) is 0.147. The first-order valence-corrected chi connectivity index (χ1v) is 5.15. The number of nitrogen functional groups attached to an aromatic ring is 1. The number of amides is 1. The van der Waals surface area contributed by atoms with E-state index >= 15 is 0 Å². The smallest absolute Gasteiger partial charge is 0.257 e. The molecule has 1 aromatic heterocycles. The molecule has 0 unspecified atom stereocenters. The predicted octanol–water partition coefficient (Wildman–Crippen LogP) is 0.973. The van der Waals surface area contributed by atoms with Crippen molar-refractivity contribution in [1.82, 2.24) is 15.5 Å². The first-order chi connectivity index (χ1) is 7.02. The van der Waals surface area contributed by atoms with E-state index < -0.39 is 0 Å². The maximum absolute atomic E-state index is 11.9. The highest BCUT2D eigenvalue weighted by molar-refractivity contribution is 5.99. The van der Waals surface area contributed by atoms with E-state index in [4.69, 9.17) is 5.73 Å². The van der Waals surface area contributed by atoms with Gasteiger partial charge in [-0.15, -0.1) is 0 Å². The molecule has 4 N–H and O–H groups in total. The minimum Gasteiger partial charge on any atom is -0.382 e. The molecule has 1 heterocycles. The Morgan fingerprint density at radius 2 is 2.27 bits per heavy atom. The van der Waals surface area contributed by atoms with E-state index in [-0.39, 0.29) is 17.3 Å². The summed E-state index contributed by atoms with van der Waals surface area (Å²) in [7, 11) is 0. The van der Waals surface area contributed by atoms with Crippen LogP contribution < -0.4 is 11.1 Å². The van der Waals surface area contributed by atoms with Gasteiger partial charge in [0.25, 0.3) is 5.91 Å². The molecule has 1 amide bonds. The van der Waals surface area contributed by atoms with Gasteiger partial charge in [-0.1, -0.05) is 0 Å². The summed E-state index contributed by atoms with van der Waals surface area (Å²) in [6.45, 7) is 3.85. The summed E-state index contributed by atoms with van der Waals surface area (Å²) < 4.78 is 0. The van der Waals surface area contributed by atoms with Crippen LogP contribution in [0.5, 0.6) is 0 Å². The second-order valence-corrected chi connectivity index (χ2v) is 4.48. The van der Waals surface area contributed by atoms with Crippen molar-refractivity contribution in [1.29, 1.82) is 0 Å². The molecule has 82 valence electrons. The maximum atomic E-state index is 11.9. The molecule has 0 spiro atoms. The van der Waals surface area contributed by atoms with Crippen molar-refractivity contribution in [3.05, 3.63) is 11.3 Å². The van der Waals surface area contributed by atoms with Gasteiger partial charge in [-0.3, -0.25) is 9.89 Å². The second kappa shape index (κ2) is 3.25. The summed E-state index contributed by atoms with van der Waals surface area (Å²) in [6, 6.07) is 0. The fourth-order valence-corrected chi connectivity index (χ4v) is 1.90. The number of carbonyl (C=O) groups is 1. The number of aryl methyl sites for hydroxylation is 1. The molecule has 5 heteroatoms. The van der Waals surface area contributed by atoms with Gasteiger partial charge in [0.2, 0.25) is 0 Å². The van der Waals surface area contributed by atoms with Crippen LogP contribution in [-0.4, -0.2) is 21.6 Å². The van der Waals surface area contributed by atoms with Crippen LogP contribution >= 0.6 is 0 Å². The van der Waals surface area contributed by atoms with Gasteiger partial charge in [0.1, 0.15) is 5.56 Å². The van der Waals surface area contributed by atoms with Crippen LogP contribution in [0, 0.1) is 6.92 Å². The molecule has 0 bridgehead atoms. The molecule has 15 heavy (non-hydrogen) atoms. The lowest BCUT2D eigenvalue weighted by atomic mass is 9.78. The first kappa shape index (κ1) is 10.0. The molecule has 0 saturated heterocycles. The molecule has 1 fully saturated rings. The Morgan fingerprint density at radius 1 is 1.60 bits per heavy atom. The highest BCUT2D eigenvalue weighted by atomic mass is 16.1. The predicted molar refractivity (Wildman–Crippen MR) is 57.5 cm³/mol. The summed E-state index contributed by atoms with van der Waals surface area (Å²) >= 11 is 0. The van der Waals surface area contributed by atoms with E-state index in [9.17, 15) is 4.79 Å². The second-order valence-electron chi connectivity index (χ2n) is 4.48. The number of nitrogens with two attached hydrogens (primary N) is 1. The van der Waals surface area contributed by atoms with Crippen molar-refractivity contribution in [2.75, 3.05) is 5.73 Å². The zero-order valence-corrected chi connectivity index (χ0v) is 9.05. The van der Waals surface area contributed by atoms with Gasteiger partial charge in [-0.2, -0.15) is 5.10 Å². The van der Waals surface area contributed by atoms with E-state index in [2.05, 4.69) is 22.4 Å². The number of H-pyrrole nitrogens is 1. The highest BCUT2D eigenvalue weighted by Crippen LogP contribution is 2.31. The molecule has 5 nitrogen and oxygen atoms in total. The summed E-state index contributed by atoms with van der Waals surface area (Å²) in [4.78, 5) is 11.9. The molecule has 0 aromatic carbocycles. The topological polar surface area (TPSA) is 83.8 Å². The van der Waals surface area contributed by atoms with Crippen LogP contribution in [0.3, 0.4) is 0 Å². The molecule has 1 aliphatic carbocycles. The Balaban J connectivity index is 2.14. The monoisotopic (exact) mass is 208 g/mol. The van der Waals surface area contributed by atoms with Crippen LogP contribution in [0.1, 0.15) is 42.2 Å². The number of rotatable bonds is 2. The zero-order chi connectivity index (χ0) is 11.1. The van der Waals surface area contributed by atoms with E-state index in [0.29, 0.717) is 11.3 Å². The van der Waals surface area contributed by atoms with Crippen molar-refractivity contribution >= 4 is 11.7 Å². The van der Waals surface area contributed by atoms with Crippen LogP contribution in [0.2, 0.25) is 0 Å². The number of aromatic nitrogens is 2. The number of carbonyl (C=O) groups excluding carboxylic acids is 1. The van der Waals surface area contributed by atoms with E-state index in [1.54, 1.807) is 6.92 Å². The number of hydrogen-bond donors (Lipinski definition) is 3. The standard InChI is InChI=1S/C10H16N4O/c1-6-7(8(11)14-13-6)9(15)12-10(2)4-3-5-10/h3-5H2,1-2H3,(H,12,15)(H3,11,13,14). The van der Waals surface area contributed by atoms with Crippen molar-refractivity contribution < 1.29 is 4.79 Å². The maximum Gasteiger partial charge on any atom is 0.257 e. The van der Waals surface area contributed by atoms with E-state index in [0.717, 1.165) is 12.8 Å². The van der Waals surface area contributed by atoms with Crippen LogP contribution in [0.15, 0.2) is 0 Å². The third-order valence-electron chi connectivity index (χ3n) is 3.07. The van der Waals surface area contributed by atoms with E-state index in [1.807, 2.05) is 0 Å². The number of aromatic amines is 1. The molecular formula is C10H16N4O. The summed E-state index contributed by atoms with van der Waals surface area (Å²) in [6.07, 6.45) is 3.25. The number of nitrogens with zero attached hydrogens (tertiary/aromatic N) is 1. The minimum atomic E-state index is -0.124. The summed E-state index contributed by atoms with van der Waals surface area (Å²) in [5.41, 5.74) is 6.76. The normalized spacial score (nSPS) is 18.3. The Kier molecular flexibility index (Phi) is 2.17. The van der Waals surface area contributed by atoms with Crippen molar-refractivity contribution in [3.63, 3.8) is 0 Å². The molecule has 1 aromatic rings. The van der Waals surface area contributed by atoms with Gasteiger partial charge in [0.05, 0.1) is 0 Å². The average molecular weight is 208 g/mol. The minimum absolute atomic E-state index is 0.0484. The molecule has 2 rings (SSSR count). The quantitative estimate of drug-likeness (QED) is 0.677. The Labute approximate surface area is 88.4 Å². The lowest BCUT2D eigenvalue weighted by Crippen LogP contribution is -2.51. The van der Waals surface area contributed by atoms with Crippen molar-refractivity contribution in [3.8, 4) is 0 Å². The van der Waals surface area contributed by atoms with Gasteiger partial charge < -0.3 is 11.1 Å². The Bertz CT molecular complexity index is 373. The average Bonchev–Trinajstić information content (AvgIpc) is 2.43. The molecule has 0 radical (unpaired) electrons. The fraction of sp³-hybridized carbons (Fsp3) is 0.600. The van der Waals surface area contributed by atoms with Gasteiger partial charge in [-0.25, -0.2) is 0 Å². The zero-order valence-electron chi connectivity index (χ0n) is 9.05. The molecule has 1 aliphatic rings. The third kappa shape index (κ3) is 1.69.